The first-order valence-electron chi connectivity index (χ1n) is 8.54. The number of carbonyl (C=O) groups is 3. The monoisotopic (exact) mass is 365 g/mol. The van der Waals surface area contributed by atoms with Gasteiger partial charge in [-0.05, 0) is 11.5 Å². The maximum Gasteiger partial charge on any atom is 0.407 e. The minimum atomic E-state index is -1.11. The zero-order valence-corrected chi connectivity index (χ0v) is 15.1. The second-order valence-corrected chi connectivity index (χ2v) is 6.13. The van der Waals surface area contributed by atoms with Crippen molar-refractivity contribution in [1.82, 2.24) is 10.6 Å². The molecular formula is C18H27N3O5. The van der Waals surface area contributed by atoms with Crippen LogP contribution in [0.4, 0.5) is 4.79 Å². The molecule has 0 aromatic heterocycles. The number of aliphatic hydroxyl groups excluding tert-OH is 1. The average molecular weight is 365 g/mol. The third kappa shape index (κ3) is 7.98. The molecule has 0 saturated heterocycles. The van der Waals surface area contributed by atoms with Gasteiger partial charge in [-0.3, -0.25) is 9.59 Å². The van der Waals surface area contributed by atoms with Gasteiger partial charge < -0.3 is 26.2 Å². The lowest BCUT2D eigenvalue weighted by Gasteiger charge is -2.22. The van der Waals surface area contributed by atoms with Crippen LogP contribution in [0.5, 0.6) is 0 Å². The van der Waals surface area contributed by atoms with Crippen LogP contribution in [0.15, 0.2) is 30.3 Å². The minimum Gasteiger partial charge on any atom is -0.445 e. The maximum atomic E-state index is 11.9. The number of nitrogens with two attached hydrogens (primary N) is 1. The molecule has 0 aliphatic heterocycles. The Hall–Kier alpha value is -2.61. The fourth-order valence-electron chi connectivity index (χ4n) is 2.22. The van der Waals surface area contributed by atoms with Gasteiger partial charge in [0.25, 0.3) is 0 Å². The molecule has 0 radical (unpaired) electrons. The first-order valence-corrected chi connectivity index (χ1v) is 8.54. The average Bonchev–Trinajstić information content (AvgIpc) is 2.62. The summed E-state index contributed by atoms with van der Waals surface area (Å²) in [5.41, 5.74) is 6.12. The molecule has 0 spiro atoms. The molecule has 26 heavy (non-hydrogen) atoms. The third-order valence-electron chi connectivity index (χ3n) is 3.95. The van der Waals surface area contributed by atoms with Crippen LogP contribution in [-0.2, 0) is 20.9 Å². The summed E-state index contributed by atoms with van der Waals surface area (Å²) in [6.45, 7) is 3.65. The summed E-state index contributed by atoms with van der Waals surface area (Å²) in [6.07, 6.45) is -1.39. The number of aliphatic hydroxyl groups is 1. The van der Waals surface area contributed by atoms with E-state index in [0.717, 1.165) is 5.56 Å². The molecule has 0 bridgehead atoms. The van der Waals surface area contributed by atoms with E-state index in [0.29, 0.717) is 6.42 Å². The number of benzene rings is 1. The standard InChI is InChI=1S/C18H27N3O5/c1-3-12(2)16(17(19)24)21-15(23)9-14(22)10-20-18(25)26-11-13-7-5-4-6-8-13/h4-8,12,14,16,22H,3,9-11H2,1-2H3,(H2,19,24)(H,20,25)(H,21,23)/t12-,14+,16-/m1/s1. The highest BCUT2D eigenvalue weighted by molar-refractivity contribution is 5.87. The quantitative estimate of drug-likeness (QED) is 0.484. The van der Waals surface area contributed by atoms with Gasteiger partial charge in [-0.1, -0.05) is 50.6 Å². The van der Waals surface area contributed by atoms with E-state index in [1.54, 1.807) is 6.92 Å². The second-order valence-electron chi connectivity index (χ2n) is 6.13. The van der Waals surface area contributed by atoms with Crippen molar-refractivity contribution >= 4 is 17.9 Å². The van der Waals surface area contributed by atoms with Crippen molar-refractivity contribution < 1.29 is 24.2 Å². The summed E-state index contributed by atoms with van der Waals surface area (Å²) < 4.78 is 5.00. The first kappa shape index (κ1) is 21.4. The van der Waals surface area contributed by atoms with Crippen LogP contribution in [0.2, 0.25) is 0 Å². The number of amides is 3. The summed E-state index contributed by atoms with van der Waals surface area (Å²) in [5.74, 6) is -1.24. The van der Waals surface area contributed by atoms with Crippen LogP contribution in [0.3, 0.4) is 0 Å². The highest BCUT2D eigenvalue weighted by Crippen LogP contribution is 2.08. The van der Waals surface area contributed by atoms with E-state index in [1.807, 2.05) is 37.3 Å². The van der Waals surface area contributed by atoms with Crippen molar-refractivity contribution in [2.24, 2.45) is 11.7 Å². The predicted octanol–water partition coefficient (Wildman–Crippen LogP) is 0.680. The van der Waals surface area contributed by atoms with Crippen molar-refractivity contribution in [2.45, 2.75) is 45.4 Å². The number of ether oxygens (including phenoxy) is 1. The zero-order chi connectivity index (χ0) is 19.5. The highest BCUT2D eigenvalue weighted by Gasteiger charge is 2.24. The number of primary amides is 1. The van der Waals surface area contributed by atoms with Gasteiger partial charge in [0.1, 0.15) is 12.6 Å². The Labute approximate surface area is 153 Å². The summed E-state index contributed by atoms with van der Waals surface area (Å²) in [7, 11) is 0. The number of rotatable bonds is 10. The summed E-state index contributed by atoms with van der Waals surface area (Å²) in [5, 5.41) is 14.8. The third-order valence-corrected chi connectivity index (χ3v) is 3.95. The molecule has 3 amide bonds. The van der Waals surface area contributed by atoms with Gasteiger partial charge >= 0.3 is 6.09 Å². The molecule has 1 aromatic carbocycles. The van der Waals surface area contributed by atoms with Crippen LogP contribution in [0.1, 0.15) is 32.3 Å². The largest absolute Gasteiger partial charge is 0.445 e. The Balaban J connectivity index is 2.31. The lowest BCUT2D eigenvalue weighted by molar-refractivity contribution is -0.129. The molecule has 1 aromatic rings. The molecule has 5 N–H and O–H groups in total. The van der Waals surface area contributed by atoms with Crippen molar-refractivity contribution in [3.05, 3.63) is 35.9 Å². The van der Waals surface area contributed by atoms with Gasteiger partial charge in [-0.2, -0.15) is 0 Å². The molecule has 8 nitrogen and oxygen atoms in total. The maximum absolute atomic E-state index is 11.9. The normalized spacial score (nSPS) is 14.0. The number of hydrogen-bond donors (Lipinski definition) is 4. The predicted molar refractivity (Wildman–Crippen MR) is 95.8 cm³/mol. The number of nitrogens with one attached hydrogen (secondary N) is 2. The number of carbonyl (C=O) groups excluding carboxylic acids is 3. The van der Waals surface area contributed by atoms with E-state index in [4.69, 9.17) is 10.5 Å². The Morgan fingerprint density at radius 3 is 2.46 bits per heavy atom. The summed E-state index contributed by atoms with van der Waals surface area (Å²) in [6, 6.07) is 8.37. The van der Waals surface area contributed by atoms with Crippen LogP contribution < -0.4 is 16.4 Å². The molecule has 1 rings (SSSR count). The van der Waals surface area contributed by atoms with E-state index in [1.165, 1.54) is 0 Å². The fraction of sp³-hybridized carbons (Fsp3) is 0.500. The van der Waals surface area contributed by atoms with Crippen molar-refractivity contribution in [3.63, 3.8) is 0 Å². The van der Waals surface area contributed by atoms with E-state index < -0.39 is 30.1 Å². The van der Waals surface area contributed by atoms with Crippen LogP contribution >= 0.6 is 0 Å². The zero-order valence-electron chi connectivity index (χ0n) is 15.1. The van der Waals surface area contributed by atoms with Gasteiger partial charge in [0.2, 0.25) is 11.8 Å². The van der Waals surface area contributed by atoms with Gasteiger partial charge in [0.05, 0.1) is 12.5 Å². The molecule has 0 saturated carbocycles. The molecule has 144 valence electrons. The van der Waals surface area contributed by atoms with Crippen molar-refractivity contribution in [1.29, 1.82) is 0 Å². The van der Waals surface area contributed by atoms with Crippen molar-refractivity contribution in [2.75, 3.05) is 6.54 Å². The van der Waals surface area contributed by atoms with E-state index in [2.05, 4.69) is 10.6 Å². The minimum absolute atomic E-state index is 0.110. The molecule has 3 atom stereocenters. The summed E-state index contributed by atoms with van der Waals surface area (Å²) in [4.78, 5) is 34.9. The van der Waals surface area contributed by atoms with Crippen LogP contribution in [0.25, 0.3) is 0 Å². The molecule has 0 heterocycles. The molecule has 0 fully saturated rings. The van der Waals surface area contributed by atoms with Gasteiger partial charge in [-0.25, -0.2) is 4.79 Å². The molecule has 0 aliphatic rings. The molecular weight excluding hydrogens is 338 g/mol. The molecule has 0 unspecified atom stereocenters. The Kier molecular flexibility index (Phi) is 9.14. The Morgan fingerprint density at radius 2 is 1.88 bits per heavy atom. The second kappa shape index (κ2) is 11.1. The van der Waals surface area contributed by atoms with E-state index in [9.17, 15) is 19.5 Å². The van der Waals surface area contributed by atoms with E-state index >= 15 is 0 Å². The lowest BCUT2D eigenvalue weighted by Crippen LogP contribution is -2.49. The van der Waals surface area contributed by atoms with Gasteiger partial charge in [-0.15, -0.1) is 0 Å². The van der Waals surface area contributed by atoms with Crippen molar-refractivity contribution in [3.8, 4) is 0 Å². The SMILES string of the molecule is CC[C@@H](C)[C@@H](NC(=O)C[C@H](O)CNC(=O)OCc1ccccc1)C(N)=O. The topological polar surface area (TPSA) is 131 Å². The lowest BCUT2D eigenvalue weighted by atomic mass is 9.98. The number of hydrogen-bond acceptors (Lipinski definition) is 5. The van der Waals surface area contributed by atoms with E-state index in [-0.39, 0.29) is 25.5 Å². The van der Waals surface area contributed by atoms with Gasteiger partial charge in [0.15, 0.2) is 0 Å². The van der Waals surface area contributed by atoms with Crippen LogP contribution in [-0.4, -0.2) is 41.7 Å². The van der Waals surface area contributed by atoms with Gasteiger partial charge in [0, 0.05) is 6.54 Å². The summed E-state index contributed by atoms with van der Waals surface area (Å²) >= 11 is 0. The first-order chi connectivity index (χ1) is 12.3. The highest BCUT2D eigenvalue weighted by atomic mass is 16.5. The molecule has 8 heteroatoms. The smallest absolute Gasteiger partial charge is 0.407 e. The Morgan fingerprint density at radius 1 is 1.23 bits per heavy atom. The number of alkyl carbamates (subject to hydrolysis) is 1. The Bertz CT molecular complexity index is 594. The molecule has 0 aliphatic carbocycles. The fourth-order valence-corrected chi connectivity index (χ4v) is 2.22. The van der Waals surface area contributed by atoms with Crippen LogP contribution in [0, 0.1) is 5.92 Å².